The molecule has 0 unspecified atom stereocenters. The molecule has 0 fully saturated rings. The summed E-state index contributed by atoms with van der Waals surface area (Å²) >= 11 is 0. The molecule has 2 aromatic rings. The van der Waals surface area contributed by atoms with E-state index in [1.54, 1.807) is 6.07 Å². The van der Waals surface area contributed by atoms with E-state index in [0.29, 0.717) is 18.7 Å². The van der Waals surface area contributed by atoms with Gasteiger partial charge in [0.2, 0.25) is 0 Å². The molecule has 6 heteroatoms. The molecule has 1 heterocycles. The summed E-state index contributed by atoms with van der Waals surface area (Å²) < 4.78 is 13.0. The first kappa shape index (κ1) is 15.0. The fourth-order valence-corrected chi connectivity index (χ4v) is 2.10. The number of nitrogens with two attached hydrogens (primary N) is 1. The molecule has 2 rings (SSSR count). The SMILES string of the molecule is CCCc1[nH]nc(C(=O)NCCc2cccc(F)c2)c1N. The highest BCUT2D eigenvalue weighted by atomic mass is 19.1. The molecule has 0 spiro atoms. The van der Waals surface area contributed by atoms with Crippen molar-refractivity contribution in [3.05, 3.63) is 47.0 Å². The van der Waals surface area contributed by atoms with Crippen LogP contribution in [0.3, 0.4) is 0 Å². The lowest BCUT2D eigenvalue weighted by atomic mass is 10.1. The zero-order valence-electron chi connectivity index (χ0n) is 11.9. The molecule has 0 aliphatic carbocycles. The van der Waals surface area contributed by atoms with Gasteiger partial charge in [-0.15, -0.1) is 0 Å². The third-order valence-electron chi connectivity index (χ3n) is 3.19. The van der Waals surface area contributed by atoms with Crippen molar-refractivity contribution in [2.75, 3.05) is 12.3 Å². The molecule has 1 amide bonds. The maximum Gasteiger partial charge on any atom is 0.273 e. The first-order valence-electron chi connectivity index (χ1n) is 6.97. The molecule has 0 aliphatic heterocycles. The van der Waals surface area contributed by atoms with Crippen LogP contribution in [0.4, 0.5) is 10.1 Å². The number of aromatic amines is 1. The van der Waals surface area contributed by atoms with E-state index in [2.05, 4.69) is 15.5 Å². The summed E-state index contributed by atoms with van der Waals surface area (Å²) in [6.45, 7) is 2.43. The van der Waals surface area contributed by atoms with Crippen molar-refractivity contribution in [3.8, 4) is 0 Å². The largest absolute Gasteiger partial charge is 0.395 e. The summed E-state index contributed by atoms with van der Waals surface area (Å²) in [5.41, 5.74) is 8.13. The Hall–Kier alpha value is -2.37. The summed E-state index contributed by atoms with van der Waals surface area (Å²) in [6.07, 6.45) is 2.23. The Kier molecular flexibility index (Phi) is 4.92. The Morgan fingerprint density at radius 2 is 2.24 bits per heavy atom. The minimum Gasteiger partial charge on any atom is -0.395 e. The van der Waals surface area contributed by atoms with Gasteiger partial charge in [0.05, 0.1) is 11.4 Å². The predicted octanol–water partition coefficient (Wildman–Crippen LogP) is 2.06. The molecule has 0 radical (unpaired) electrons. The third-order valence-corrected chi connectivity index (χ3v) is 3.19. The topological polar surface area (TPSA) is 83.8 Å². The quantitative estimate of drug-likeness (QED) is 0.761. The number of benzene rings is 1. The van der Waals surface area contributed by atoms with Gasteiger partial charge in [-0.05, 0) is 30.5 Å². The average molecular weight is 290 g/mol. The van der Waals surface area contributed by atoms with Gasteiger partial charge in [-0.25, -0.2) is 4.39 Å². The molecular formula is C15H19FN4O. The second-order valence-corrected chi connectivity index (χ2v) is 4.85. The van der Waals surface area contributed by atoms with Crippen LogP contribution in [0.25, 0.3) is 0 Å². The highest BCUT2D eigenvalue weighted by Gasteiger charge is 2.16. The smallest absolute Gasteiger partial charge is 0.273 e. The number of nitrogens with one attached hydrogen (secondary N) is 2. The molecule has 1 aromatic carbocycles. The van der Waals surface area contributed by atoms with E-state index < -0.39 is 0 Å². The Labute approximate surface area is 122 Å². The number of aryl methyl sites for hydroxylation is 1. The van der Waals surface area contributed by atoms with Crippen LogP contribution in [0.1, 0.15) is 35.1 Å². The monoisotopic (exact) mass is 290 g/mol. The van der Waals surface area contributed by atoms with Crippen LogP contribution >= 0.6 is 0 Å². The molecule has 21 heavy (non-hydrogen) atoms. The predicted molar refractivity (Wildman–Crippen MR) is 79.4 cm³/mol. The average Bonchev–Trinajstić information content (AvgIpc) is 2.81. The Bertz CT molecular complexity index is 624. The molecule has 0 saturated heterocycles. The van der Waals surface area contributed by atoms with Gasteiger partial charge in [0.15, 0.2) is 5.69 Å². The van der Waals surface area contributed by atoms with E-state index >= 15 is 0 Å². The first-order chi connectivity index (χ1) is 10.1. The van der Waals surface area contributed by atoms with Crippen molar-refractivity contribution >= 4 is 11.6 Å². The van der Waals surface area contributed by atoms with Crippen LogP contribution in [-0.4, -0.2) is 22.6 Å². The van der Waals surface area contributed by atoms with Gasteiger partial charge in [0, 0.05) is 6.54 Å². The van der Waals surface area contributed by atoms with E-state index in [1.165, 1.54) is 12.1 Å². The van der Waals surface area contributed by atoms with Crippen LogP contribution in [0.2, 0.25) is 0 Å². The number of hydrogen-bond donors (Lipinski definition) is 3. The van der Waals surface area contributed by atoms with Gasteiger partial charge in [-0.2, -0.15) is 5.10 Å². The third kappa shape index (κ3) is 3.81. The van der Waals surface area contributed by atoms with Gasteiger partial charge in [0.1, 0.15) is 5.82 Å². The normalized spacial score (nSPS) is 10.6. The van der Waals surface area contributed by atoms with E-state index in [-0.39, 0.29) is 17.4 Å². The molecular weight excluding hydrogens is 271 g/mol. The second-order valence-electron chi connectivity index (χ2n) is 4.85. The number of amides is 1. The van der Waals surface area contributed by atoms with Gasteiger partial charge in [-0.1, -0.05) is 25.5 Å². The van der Waals surface area contributed by atoms with E-state index in [9.17, 15) is 9.18 Å². The van der Waals surface area contributed by atoms with Crippen LogP contribution < -0.4 is 11.1 Å². The number of carbonyl (C=O) groups is 1. The van der Waals surface area contributed by atoms with Gasteiger partial charge >= 0.3 is 0 Å². The molecule has 0 aliphatic rings. The molecule has 0 atom stereocenters. The van der Waals surface area contributed by atoms with E-state index in [0.717, 1.165) is 24.1 Å². The fourth-order valence-electron chi connectivity index (χ4n) is 2.10. The first-order valence-corrected chi connectivity index (χ1v) is 6.97. The van der Waals surface area contributed by atoms with Crippen molar-refractivity contribution in [1.29, 1.82) is 0 Å². The standard InChI is InChI=1S/C15H19FN4O/c1-2-4-12-13(17)14(20-19-12)15(21)18-8-7-10-5-3-6-11(16)9-10/h3,5-6,9H,2,4,7-8,17H2,1H3,(H,18,21)(H,19,20). The van der Waals surface area contributed by atoms with Gasteiger partial charge in [0.25, 0.3) is 5.91 Å². The number of nitrogens with zero attached hydrogens (tertiary/aromatic N) is 1. The minimum absolute atomic E-state index is 0.220. The lowest BCUT2D eigenvalue weighted by Crippen LogP contribution is -2.26. The highest BCUT2D eigenvalue weighted by Crippen LogP contribution is 2.15. The molecule has 112 valence electrons. The lowest BCUT2D eigenvalue weighted by molar-refractivity contribution is 0.0950. The molecule has 0 saturated carbocycles. The van der Waals surface area contributed by atoms with Gasteiger partial charge in [-0.3, -0.25) is 9.89 Å². The maximum absolute atomic E-state index is 13.0. The molecule has 1 aromatic heterocycles. The Morgan fingerprint density at radius 3 is 2.95 bits per heavy atom. The van der Waals surface area contributed by atoms with Crippen molar-refractivity contribution < 1.29 is 9.18 Å². The Balaban J connectivity index is 1.90. The zero-order valence-corrected chi connectivity index (χ0v) is 11.9. The number of rotatable bonds is 6. The fraction of sp³-hybridized carbons (Fsp3) is 0.333. The van der Waals surface area contributed by atoms with Gasteiger partial charge < -0.3 is 11.1 Å². The molecule has 0 bridgehead atoms. The van der Waals surface area contributed by atoms with Crippen LogP contribution in [0.5, 0.6) is 0 Å². The lowest BCUT2D eigenvalue weighted by Gasteiger charge is -2.04. The van der Waals surface area contributed by atoms with Crippen molar-refractivity contribution in [1.82, 2.24) is 15.5 Å². The van der Waals surface area contributed by atoms with Crippen molar-refractivity contribution in [2.45, 2.75) is 26.2 Å². The number of anilines is 1. The number of H-pyrrole nitrogens is 1. The summed E-state index contributed by atoms with van der Waals surface area (Å²) in [5, 5.41) is 9.48. The second kappa shape index (κ2) is 6.88. The van der Waals surface area contributed by atoms with Crippen molar-refractivity contribution in [3.63, 3.8) is 0 Å². The zero-order chi connectivity index (χ0) is 15.2. The minimum atomic E-state index is -0.317. The number of hydrogen-bond acceptors (Lipinski definition) is 3. The number of halogens is 1. The van der Waals surface area contributed by atoms with Crippen molar-refractivity contribution in [2.24, 2.45) is 0 Å². The molecule has 4 N–H and O–H groups in total. The summed E-state index contributed by atoms with van der Waals surface area (Å²) in [6, 6.07) is 6.31. The number of nitrogen functional groups attached to an aromatic ring is 1. The number of aromatic nitrogens is 2. The summed E-state index contributed by atoms with van der Waals surface area (Å²) in [7, 11) is 0. The highest BCUT2D eigenvalue weighted by molar-refractivity contribution is 5.97. The molecule has 5 nitrogen and oxygen atoms in total. The number of carbonyl (C=O) groups excluding carboxylic acids is 1. The van der Waals surface area contributed by atoms with Crippen LogP contribution in [-0.2, 0) is 12.8 Å². The summed E-state index contributed by atoms with van der Waals surface area (Å²) in [5.74, 6) is -0.595. The van der Waals surface area contributed by atoms with E-state index in [4.69, 9.17) is 5.73 Å². The van der Waals surface area contributed by atoms with E-state index in [1.807, 2.05) is 13.0 Å². The van der Waals surface area contributed by atoms with Crippen LogP contribution in [0.15, 0.2) is 24.3 Å². The Morgan fingerprint density at radius 1 is 1.43 bits per heavy atom. The summed E-state index contributed by atoms with van der Waals surface area (Å²) in [4.78, 5) is 12.0. The maximum atomic E-state index is 13.0. The van der Waals surface area contributed by atoms with Crippen LogP contribution in [0, 0.1) is 5.82 Å².